The molecule has 3 aromatic carbocycles. The molecule has 1 amide bonds. The fourth-order valence-electron chi connectivity index (χ4n) is 3.54. The number of hydrogen-bond donors (Lipinski definition) is 2. The van der Waals surface area contributed by atoms with Gasteiger partial charge in [-0.05, 0) is 29.7 Å². The average molecular weight is 496 g/mol. The van der Waals surface area contributed by atoms with Crippen LogP contribution < -0.4 is 5.32 Å². The lowest BCUT2D eigenvalue weighted by Crippen LogP contribution is -2.14. The van der Waals surface area contributed by atoms with E-state index in [9.17, 15) is 18.7 Å². The number of halogens is 2. The highest BCUT2D eigenvalue weighted by atomic mass is 19.1. The molecule has 0 aliphatic rings. The van der Waals surface area contributed by atoms with Crippen molar-refractivity contribution in [3.05, 3.63) is 102 Å². The molecule has 0 atom stereocenters. The smallest absolute Gasteiger partial charge is 0.259 e. The van der Waals surface area contributed by atoms with Gasteiger partial charge in [0.1, 0.15) is 23.0 Å². The number of hydrogen-bond acceptors (Lipinski definition) is 7. The molecule has 2 aromatic heterocycles. The number of nitrogens with zero attached hydrogens (tertiary/aromatic N) is 7. The Hall–Kier alpha value is -5.57. The van der Waals surface area contributed by atoms with Crippen LogP contribution in [0.1, 0.15) is 10.4 Å². The van der Waals surface area contributed by atoms with Gasteiger partial charge in [0.05, 0.1) is 18.3 Å². The number of carbonyl (C=O) groups is 1. The van der Waals surface area contributed by atoms with Crippen molar-refractivity contribution < 1.29 is 18.7 Å². The van der Waals surface area contributed by atoms with Crippen LogP contribution in [0.15, 0.2) is 83.4 Å². The van der Waals surface area contributed by atoms with Crippen LogP contribution in [0.25, 0.3) is 21.6 Å². The zero-order valence-electron chi connectivity index (χ0n) is 18.7. The largest absolute Gasteiger partial charge is 0.505 e. The maximum Gasteiger partial charge on any atom is 0.259 e. The second-order valence-electron chi connectivity index (χ2n) is 7.52. The van der Waals surface area contributed by atoms with E-state index in [4.69, 9.17) is 6.57 Å². The highest BCUT2D eigenvalue weighted by Crippen LogP contribution is 2.41. The molecular weight excluding hydrogens is 482 g/mol. The van der Waals surface area contributed by atoms with Crippen molar-refractivity contribution in [2.75, 3.05) is 5.32 Å². The van der Waals surface area contributed by atoms with E-state index in [1.807, 2.05) is 0 Å². The van der Waals surface area contributed by atoms with E-state index in [1.54, 1.807) is 30.3 Å². The Balaban J connectivity index is 1.62. The molecule has 0 aliphatic heterocycles. The first kappa shape index (κ1) is 23.2. The number of phenols is 1. The summed E-state index contributed by atoms with van der Waals surface area (Å²) in [5, 5.41) is 26.5. The second kappa shape index (κ2) is 9.59. The molecule has 0 saturated heterocycles. The number of benzene rings is 3. The number of fused-ring (bicyclic) bond motifs is 1. The minimum Gasteiger partial charge on any atom is -0.505 e. The Bertz CT molecular complexity index is 1710. The molecule has 5 aromatic rings. The van der Waals surface area contributed by atoms with Crippen LogP contribution in [0.2, 0.25) is 0 Å². The molecule has 0 spiro atoms. The van der Waals surface area contributed by atoms with Gasteiger partial charge in [-0.25, -0.2) is 23.6 Å². The summed E-state index contributed by atoms with van der Waals surface area (Å²) in [7, 11) is 0. The molecule has 0 fully saturated rings. The van der Waals surface area contributed by atoms with Crippen LogP contribution in [-0.4, -0.2) is 30.8 Å². The number of anilines is 1. The first-order valence-corrected chi connectivity index (χ1v) is 10.6. The molecule has 0 saturated carbocycles. The third-order valence-electron chi connectivity index (χ3n) is 5.27. The van der Waals surface area contributed by atoms with Crippen molar-refractivity contribution in [3.8, 4) is 11.7 Å². The summed E-state index contributed by atoms with van der Waals surface area (Å²) in [5.74, 6) is -3.36. The van der Waals surface area contributed by atoms with Gasteiger partial charge in [0.2, 0.25) is 0 Å². The average Bonchev–Trinajstić information content (AvgIpc) is 3.33. The van der Waals surface area contributed by atoms with Gasteiger partial charge in [0.25, 0.3) is 17.5 Å². The molecular formula is C25H14F2N8O2. The Labute approximate surface area is 207 Å². The number of rotatable bonds is 5. The lowest BCUT2D eigenvalue weighted by atomic mass is 10.0. The molecule has 0 unspecified atom stereocenters. The number of azo groups is 1. The van der Waals surface area contributed by atoms with Crippen LogP contribution in [0.3, 0.4) is 0 Å². The number of carbonyl (C=O) groups excluding carboxylic acids is 1. The first-order chi connectivity index (χ1) is 18.0. The molecule has 180 valence electrons. The van der Waals surface area contributed by atoms with Crippen LogP contribution in [0.5, 0.6) is 5.75 Å². The maximum atomic E-state index is 14.1. The molecule has 2 heterocycles. The molecule has 12 heteroatoms. The Morgan fingerprint density at radius 3 is 2.49 bits per heavy atom. The van der Waals surface area contributed by atoms with Gasteiger partial charge in [-0.3, -0.25) is 4.79 Å². The Morgan fingerprint density at radius 2 is 1.76 bits per heavy atom. The highest BCUT2D eigenvalue weighted by Gasteiger charge is 2.21. The molecule has 37 heavy (non-hydrogen) atoms. The standard InChI is InChI=1S/C25H14F2N8O2/c1-28-19-13-31-35(25-29-10-5-11-30-25)23(19)34-33-20-15-7-3-2-6-14(15)12-16(22(20)36)24(37)32-21-17(26)8-4-9-18(21)27/h2-13,36H,(H,32,37)/b34-33+. The van der Waals surface area contributed by atoms with E-state index in [0.717, 1.165) is 18.2 Å². The zero-order valence-corrected chi connectivity index (χ0v) is 18.7. The van der Waals surface area contributed by atoms with E-state index >= 15 is 0 Å². The SMILES string of the molecule is [C-]#[N+]c1cnn(-c2ncccn2)c1/N=N/c1c(O)c(C(=O)Nc2c(F)cccc2F)cc2ccccc12. The fourth-order valence-corrected chi connectivity index (χ4v) is 3.54. The van der Waals surface area contributed by atoms with Gasteiger partial charge in [-0.1, -0.05) is 30.3 Å². The predicted molar refractivity (Wildman–Crippen MR) is 130 cm³/mol. The second-order valence-corrected chi connectivity index (χ2v) is 7.52. The minimum absolute atomic E-state index is 0.00652. The van der Waals surface area contributed by atoms with Crippen LogP contribution in [-0.2, 0) is 0 Å². The van der Waals surface area contributed by atoms with E-state index in [1.165, 1.54) is 29.3 Å². The Kier molecular flexibility index (Phi) is 6.01. The molecule has 2 N–H and O–H groups in total. The number of aromatic hydroxyl groups is 1. The van der Waals surface area contributed by atoms with E-state index in [-0.39, 0.29) is 28.7 Å². The number of phenolic OH excluding ortho intramolecular Hbond substituents is 1. The van der Waals surface area contributed by atoms with Crippen molar-refractivity contribution in [3.63, 3.8) is 0 Å². The molecule has 0 aliphatic carbocycles. The van der Waals surface area contributed by atoms with Crippen molar-refractivity contribution in [2.45, 2.75) is 0 Å². The van der Waals surface area contributed by atoms with Crippen LogP contribution >= 0.6 is 0 Å². The number of amides is 1. The van der Waals surface area contributed by atoms with Crippen molar-refractivity contribution in [1.29, 1.82) is 0 Å². The zero-order chi connectivity index (χ0) is 25.9. The first-order valence-electron chi connectivity index (χ1n) is 10.6. The quantitative estimate of drug-likeness (QED) is 0.228. The van der Waals surface area contributed by atoms with Crippen molar-refractivity contribution in [2.24, 2.45) is 10.2 Å². The molecule has 0 bridgehead atoms. The van der Waals surface area contributed by atoms with Crippen molar-refractivity contribution in [1.82, 2.24) is 19.7 Å². The molecule has 5 rings (SSSR count). The predicted octanol–water partition coefficient (Wildman–Crippen LogP) is 6.02. The van der Waals surface area contributed by atoms with Gasteiger partial charge in [0.15, 0.2) is 11.6 Å². The summed E-state index contributed by atoms with van der Waals surface area (Å²) >= 11 is 0. The van der Waals surface area contributed by atoms with E-state index < -0.39 is 29.0 Å². The van der Waals surface area contributed by atoms with Crippen LogP contribution in [0.4, 0.5) is 31.7 Å². The summed E-state index contributed by atoms with van der Waals surface area (Å²) in [6.45, 7) is 7.41. The Morgan fingerprint density at radius 1 is 1.03 bits per heavy atom. The van der Waals surface area contributed by atoms with Gasteiger partial charge in [-0.15, -0.1) is 10.2 Å². The van der Waals surface area contributed by atoms with Gasteiger partial charge in [0, 0.05) is 17.8 Å². The number of para-hydroxylation sites is 1. The monoisotopic (exact) mass is 496 g/mol. The molecule has 10 nitrogen and oxygen atoms in total. The fraction of sp³-hybridized carbons (Fsp3) is 0. The lowest BCUT2D eigenvalue weighted by molar-refractivity contribution is 0.102. The van der Waals surface area contributed by atoms with Gasteiger partial charge < -0.3 is 10.4 Å². The van der Waals surface area contributed by atoms with Gasteiger partial charge in [-0.2, -0.15) is 9.78 Å². The van der Waals surface area contributed by atoms with Crippen molar-refractivity contribution >= 4 is 39.6 Å². The van der Waals surface area contributed by atoms with E-state index in [2.05, 4.69) is 35.5 Å². The normalized spacial score (nSPS) is 11.1. The summed E-state index contributed by atoms with van der Waals surface area (Å²) < 4.78 is 29.4. The highest BCUT2D eigenvalue weighted by molar-refractivity contribution is 6.11. The summed E-state index contributed by atoms with van der Waals surface area (Å²) in [5.41, 5.74) is -1.00. The maximum absolute atomic E-state index is 14.1. The minimum atomic E-state index is -0.975. The topological polar surface area (TPSA) is 122 Å². The van der Waals surface area contributed by atoms with Crippen LogP contribution in [0, 0.1) is 18.2 Å². The van der Waals surface area contributed by atoms with Gasteiger partial charge >= 0.3 is 0 Å². The lowest BCUT2D eigenvalue weighted by Gasteiger charge is -2.12. The van der Waals surface area contributed by atoms with E-state index in [0.29, 0.717) is 10.8 Å². The molecule has 0 radical (unpaired) electrons. The third-order valence-corrected chi connectivity index (χ3v) is 5.27. The number of nitrogens with one attached hydrogen (secondary N) is 1. The number of aromatic nitrogens is 4. The summed E-state index contributed by atoms with van der Waals surface area (Å²) in [4.78, 5) is 24.5. The summed E-state index contributed by atoms with van der Waals surface area (Å²) in [6, 6.07) is 12.8. The summed E-state index contributed by atoms with van der Waals surface area (Å²) in [6.07, 6.45) is 4.24. The third kappa shape index (κ3) is 4.32.